The normalized spacial score (nSPS) is 14.6. The van der Waals surface area contributed by atoms with Gasteiger partial charge in [-0.2, -0.15) is 0 Å². The van der Waals surface area contributed by atoms with Crippen LogP contribution >= 0.6 is 46.4 Å². The van der Waals surface area contributed by atoms with Crippen molar-refractivity contribution in [3.05, 3.63) is 103 Å². The van der Waals surface area contributed by atoms with Crippen molar-refractivity contribution in [1.29, 1.82) is 0 Å². The SMILES string of the molecule is CC.O=C1c2ccccc2C(=O)C1c1ccc2cccc(N3C(=O)c4c(Cl)c(Cl)c(Cl)c(Cl)c4C3=O)c2n1. The fourth-order valence-corrected chi connectivity index (χ4v) is 5.68. The molecule has 1 aromatic heterocycles. The summed E-state index contributed by atoms with van der Waals surface area (Å²) in [6.07, 6.45) is 0. The molecular weight excluding hydrogens is 570 g/mol. The summed E-state index contributed by atoms with van der Waals surface area (Å²) in [5.74, 6) is -3.34. The third-order valence-electron chi connectivity index (χ3n) is 6.34. The maximum atomic E-state index is 13.4. The van der Waals surface area contributed by atoms with Gasteiger partial charge >= 0.3 is 0 Å². The van der Waals surface area contributed by atoms with Crippen LogP contribution in [-0.4, -0.2) is 28.4 Å². The van der Waals surface area contributed by atoms with Crippen LogP contribution in [0.2, 0.25) is 20.1 Å². The molecule has 1 aliphatic carbocycles. The van der Waals surface area contributed by atoms with Gasteiger partial charge in [0, 0.05) is 16.5 Å². The highest BCUT2D eigenvalue weighted by molar-refractivity contribution is 6.56. The van der Waals surface area contributed by atoms with Crippen LogP contribution in [0.1, 0.15) is 66.9 Å². The van der Waals surface area contributed by atoms with Crippen molar-refractivity contribution in [3.8, 4) is 0 Å². The first-order valence-electron chi connectivity index (χ1n) is 11.5. The molecule has 0 atom stereocenters. The van der Waals surface area contributed by atoms with Gasteiger partial charge in [-0.15, -0.1) is 0 Å². The van der Waals surface area contributed by atoms with E-state index in [2.05, 4.69) is 4.98 Å². The first-order valence-corrected chi connectivity index (χ1v) is 13.1. The zero-order chi connectivity index (χ0) is 27.5. The van der Waals surface area contributed by atoms with E-state index < -0.39 is 17.7 Å². The van der Waals surface area contributed by atoms with Gasteiger partial charge in [-0.05, 0) is 12.1 Å². The number of halogens is 4. The molecule has 0 radical (unpaired) electrons. The molecule has 2 heterocycles. The van der Waals surface area contributed by atoms with Crippen LogP contribution in [0.25, 0.3) is 10.9 Å². The molecule has 0 spiro atoms. The van der Waals surface area contributed by atoms with E-state index in [1.54, 1.807) is 48.5 Å². The van der Waals surface area contributed by atoms with Gasteiger partial charge in [-0.3, -0.25) is 19.2 Å². The van der Waals surface area contributed by atoms with E-state index in [1.165, 1.54) is 6.07 Å². The number of aromatic nitrogens is 1. The number of hydrogen-bond acceptors (Lipinski definition) is 5. The van der Waals surface area contributed by atoms with Crippen molar-refractivity contribution in [2.24, 2.45) is 0 Å². The molecule has 10 heteroatoms. The summed E-state index contributed by atoms with van der Waals surface area (Å²) < 4.78 is 0. The lowest BCUT2D eigenvalue weighted by molar-refractivity contribution is 0.0882. The van der Waals surface area contributed by atoms with Gasteiger partial charge in [0.15, 0.2) is 11.6 Å². The van der Waals surface area contributed by atoms with Gasteiger partial charge in [0.25, 0.3) is 11.8 Å². The number of hydrogen-bond donors (Lipinski definition) is 0. The Balaban J connectivity index is 0.00000144. The zero-order valence-corrected chi connectivity index (χ0v) is 22.8. The lowest BCUT2D eigenvalue weighted by Crippen LogP contribution is -2.30. The molecule has 2 amide bonds. The number of amides is 2. The molecule has 0 bridgehead atoms. The zero-order valence-electron chi connectivity index (χ0n) is 19.8. The Labute approximate surface area is 237 Å². The van der Waals surface area contributed by atoms with Gasteiger partial charge in [-0.25, -0.2) is 9.88 Å². The van der Waals surface area contributed by atoms with Crippen LogP contribution in [0, 0.1) is 0 Å². The highest BCUT2D eigenvalue weighted by Gasteiger charge is 2.44. The lowest BCUT2D eigenvalue weighted by atomic mass is 9.98. The van der Waals surface area contributed by atoms with E-state index in [4.69, 9.17) is 46.4 Å². The number of imide groups is 1. The Hall–Kier alpha value is -3.29. The summed E-state index contributed by atoms with van der Waals surface area (Å²) in [7, 11) is 0. The van der Waals surface area contributed by atoms with Crippen LogP contribution in [0.3, 0.4) is 0 Å². The minimum absolute atomic E-state index is 0.135. The smallest absolute Gasteiger partial charge is 0.267 e. The van der Waals surface area contributed by atoms with E-state index in [0.29, 0.717) is 16.5 Å². The van der Waals surface area contributed by atoms with E-state index in [0.717, 1.165) is 4.90 Å². The van der Waals surface area contributed by atoms with Gasteiger partial charge < -0.3 is 0 Å². The van der Waals surface area contributed by atoms with Crippen LogP contribution in [-0.2, 0) is 0 Å². The third kappa shape index (κ3) is 3.67. The van der Waals surface area contributed by atoms with Crippen molar-refractivity contribution >= 4 is 86.4 Å². The topological polar surface area (TPSA) is 84.4 Å². The van der Waals surface area contributed by atoms with Gasteiger partial charge in [-0.1, -0.05) is 103 Å². The predicted molar refractivity (Wildman–Crippen MR) is 149 cm³/mol. The molecular formula is C28H16Cl4N2O4. The summed E-state index contributed by atoms with van der Waals surface area (Å²) in [5.41, 5.74) is 0.930. The average Bonchev–Trinajstić information content (AvgIpc) is 3.35. The van der Waals surface area contributed by atoms with Crippen LogP contribution in [0.15, 0.2) is 54.6 Å². The minimum atomic E-state index is -1.12. The Morgan fingerprint density at radius 1 is 0.658 bits per heavy atom. The highest BCUT2D eigenvalue weighted by atomic mass is 35.5. The standard InChI is InChI=1S/C26H10Cl4N2O4.C2H6/c27-18-16-17(19(28)21(30)20(18)29)26(36)32(25(16)35)14-7-3-4-10-8-9-13(31-22(10)14)15-23(33)11-5-1-2-6-12(11)24(15)34;1-2/h1-9,15H;1-2H3. The number of anilines is 1. The predicted octanol–water partition coefficient (Wildman–Crippen LogP) is 7.84. The number of nitrogens with zero attached hydrogens (tertiary/aromatic N) is 2. The maximum Gasteiger partial charge on any atom is 0.267 e. The monoisotopic (exact) mass is 584 g/mol. The molecule has 6 rings (SSSR count). The molecule has 6 nitrogen and oxygen atoms in total. The van der Waals surface area contributed by atoms with E-state index in [-0.39, 0.29) is 59.7 Å². The number of rotatable bonds is 2. The molecule has 0 saturated carbocycles. The van der Waals surface area contributed by atoms with Crippen molar-refractivity contribution < 1.29 is 19.2 Å². The molecule has 0 saturated heterocycles. The molecule has 0 unspecified atom stereocenters. The van der Waals surface area contributed by atoms with E-state index in [9.17, 15) is 19.2 Å². The van der Waals surface area contributed by atoms with E-state index in [1.807, 2.05) is 13.8 Å². The molecule has 2 aliphatic rings. The van der Waals surface area contributed by atoms with Gasteiger partial charge in [0.1, 0.15) is 5.92 Å². The van der Waals surface area contributed by atoms with Crippen LogP contribution < -0.4 is 4.90 Å². The Morgan fingerprint density at radius 3 is 1.71 bits per heavy atom. The number of carbonyl (C=O) groups excluding carboxylic acids is 4. The maximum absolute atomic E-state index is 13.4. The quantitative estimate of drug-likeness (QED) is 0.103. The van der Waals surface area contributed by atoms with Crippen LogP contribution in [0.4, 0.5) is 5.69 Å². The summed E-state index contributed by atoms with van der Waals surface area (Å²) in [6.45, 7) is 4.00. The van der Waals surface area contributed by atoms with Crippen molar-refractivity contribution in [1.82, 2.24) is 4.98 Å². The summed E-state index contributed by atoms with van der Waals surface area (Å²) >= 11 is 24.8. The summed E-state index contributed by atoms with van der Waals surface area (Å²) in [6, 6.07) is 14.8. The molecule has 3 aromatic carbocycles. The number of fused-ring (bicyclic) bond motifs is 3. The summed E-state index contributed by atoms with van der Waals surface area (Å²) in [4.78, 5) is 58.4. The number of para-hydroxylation sites is 1. The molecule has 4 aromatic rings. The Kier molecular flexibility index (Phi) is 6.78. The van der Waals surface area contributed by atoms with Gasteiger partial charge in [0.05, 0.1) is 48.1 Å². The number of carbonyl (C=O) groups is 4. The molecule has 0 N–H and O–H groups in total. The molecule has 38 heavy (non-hydrogen) atoms. The second-order valence-electron chi connectivity index (χ2n) is 8.24. The summed E-state index contributed by atoms with van der Waals surface area (Å²) in [5, 5.41) is -0.0645. The molecule has 190 valence electrons. The van der Waals surface area contributed by atoms with Crippen molar-refractivity contribution in [2.75, 3.05) is 4.90 Å². The van der Waals surface area contributed by atoms with Crippen molar-refractivity contribution in [2.45, 2.75) is 19.8 Å². The second-order valence-corrected chi connectivity index (χ2v) is 9.76. The number of pyridine rings is 1. The third-order valence-corrected chi connectivity index (χ3v) is 8.14. The minimum Gasteiger partial charge on any atom is -0.293 e. The lowest BCUT2D eigenvalue weighted by Gasteiger charge is -2.17. The average molecular weight is 586 g/mol. The molecule has 1 aliphatic heterocycles. The number of Topliss-reactive ketones (excluding diaryl/α,β-unsaturated/α-hetero) is 2. The molecule has 0 fully saturated rings. The Morgan fingerprint density at radius 2 is 1.18 bits per heavy atom. The highest BCUT2D eigenvalue weighted by Crippen LogP contribution is 2.46. The van der Waals surface area contributed by atoms with E-state index >= 15 is 0 Å². The largest absolute Gasteiger partial charge is 0.293 e. The van der Waals surface area contributed by atoms with Crippen LogP contribution in [0.5, 0.6) is 0 Å². The fraction of sp³-hybridized carbons (Fsp3) is 0.107. The fourth-order valence-electron chi connectivity index (χ4n) is 4.67. The van der Waals surface area contributed by atoms with Crippen molar-refractivity contribution in [3.63, 3.8) is 0 Å². The second kappa shape index (κ2) is 9.79. The van der Waals surface area contributed by atoms with Gasteiger partial charge in [0.2, 0.25) is 0 Å². The number of benzene rings is 3. The Bertz CT molecular complexity index is 1650. The first-order chi connectivity index (χ1) is 18.2. The first kappa shape index (κ1) is 26.3. The number of ketones is 2.